The molecule has 27 heavy (non-hydrogen) atoms. The van der Waals surface area contributed by atoms with Gasteiger partial charge in [0.1, 0.15) is 6.04 Å². The van der Waals surface area contributed by atoms with E-state index in [4.69, 9.17) is 0 Å². The number of rotatable bonds is 5. The van der Waals surface area contributed by atoms with Gasteiger partial charge in [0.05, 0.1) is 5.75 Å². The van der Waals surface area contributed by atoms with Gasteiger partial charge >= 0.3 is 0 Å². The molecule has 0 saturated carbocycles. The molecule has 0 bridgehead atoms. The molecule has 8 heteroatoms. The van der Waals surface area contributed by atoms with Crippen molar-refractivity contribution in [1.82, 2.24) is 19.0 Å². The summed E-state index contributed by atoms with van der Waals surface area (Å²) in [5.41, 5.74) is 0. The number of carbonyl (C=O) groups is 1. The predicted molar refractivity (Wildman–Crippen MR) is 107 cm³/mol. The van der Waals surface area contributed by atoms with Gasteiger partial charge in [-0.15, -0.1) is 0 Å². The highest BCUT2D eigenvalue weighted by atomic mass is 32.2. The second-order valence-corrected chi connectivity index (χ2v) is 10.4. The van der Waals surface area contributed by atoms with Gasteiger partial charge in [-0.1, -0.05) is 13.3 Å². The fourth-order valence-electron chi connectivity index (χ4n) is 4.82. The second kappa shape index (κ2) is 9.20. The van der Waals surface area contributed by atoms with Gasteiger partial charge in [0, 0.05) is 45.3 Å². The molecule has 3 rings (SSSR count). The van der Waals surface area contributed by atoms with Gasteiger partial charge < -0.3 is 9.80 Å². The molecule has 0 aromatic rings. The van der Waals surface area contributed by atoms with Crippen LogP contribution in [0.2, 0.25) is 0 Å². The average Bonchev–Trinajstić information content (AvgIpc) is 2.67. The Hall–Kier alpha value is -0.700. The van der Waals surface area contributed by atoms with E-state index in [9.17, 15) is 13.2 Å². The van der Waals surface area contributed by atoms with Crippen molar-refractivity contribution < 1.29 is 13.2 Å². The van der Waals surface area contributed by atoms with E-state index in [0.717, 1.165) is 45.6 Å². The first-order valence-corrected chi connectivity index (χ1v) is 12.2. The molecule has 3 fully saturated rings. The van der Waals surface area contributed by atoms with E-state index >= 15 is 0 Å². The number of nitrogens with zero attached hydrogens (tertiary/aromatic N) is 4. The van der Waals surface area contributed by atoms with Crippen molar-refractivity contribution in [3.63, 3.8) is 0 Å². The fourth-order valence-corrected chi connectivity index (χ4v) is 6.56. The minimum Gasteiger partial charge on any atom is -0.339 e. The van der Waals surface area contributed by atoms with Crippen LogP contribution >= 0.6 is 0 Å². The summed E-state index contributed by atoms with van der Waals surface area (Å²) >= 11 is 0. The van der Waals surface area contributed by atoms with E-state index in [-0.39, 0.29) is 11.7 Å². The molecular formula is C19H36N4O3S. The molecule has 2 atom stereocenters. The average molecular weight is 401 g/mol. The Balaban J connectivity index is 1.59. The summed E-state index contributed by atoms with van der Waals surface area (Å²) in [7, 11) is -1.15. The van der Waals surface area contributed by atoms with E-state index < -0.39 is 16.1 Å². The van der Waals surface area contributed by atoms with Crippen LogP contribution in [-0.2, 0) is 14.8 Å². The summed E-state index contributed by atoms with van der Waals surface area (Å²) in [4.78, 5) is 20.0. The molecule has 2 unspecified atom stereocenters. The summed E-state index contributed by atoms with van der Waals surface area (Å²) < 4.78 is 26.7. The SMILES string of the molecule is CCCS(=O)(=O)N1CCCCC1C(=O)N1CCN(C2CCCN(C)C2)CC1. The number of carbonyl (C=O) groups excluding carboxylic acids is 1. The number of amides is 1. The Morgan fingerprint density at radius 3 is 2.37 bits per heavy atom. The molecule has 3 heterocycles. The van der Waals surface area contributed by atoms with Crippen molar-refractivity contribution in [2.24, 2.45) is 0 Å². The normalized spacial score (nSPS) is 29.8. The summed E-state index contributed by atoms with van der Waals surface area (Å²) in [5.74, 6) is 0.162. The van der Waals surface area contributed by atoms with Crippen molar-refractivity contribution in [3.8, 4) is 0 Å². The molecule has 7 nitrogen and oxygen atoms in total. The van der Waals surface area contributed by atoms with Crippen molar-refractivity contribution in [3.05, 3.63) is 0 Å². The van der Waals surface area contributed by atoms with Crippen LogP contribution in [0.15, 0.2) is 0 Å². The van der Waals surface area contributed by atoms with Crippen molar-refractivity contribution in [2.75, 3.05) is 58.6 Å². The topological polar surface area (TPSA) is 64.2 Å². The number of hydrogen-bond donors (Lipinski definition) is 0. The third-order valence-electron chi connectivity index (χ3n) is 6.30. The molecule has 0 N–H and O–H groups in total. The van der Waals surface area contributed by atoms with Gasteiger partial charge in [0.25, 0.3) is 0 Å². The summed E-state index contributed by atoms with van der Waals surface area (Å²) in [5, 5.41) is 0. The number of sulfonamides is 1. The molecule has 3 aliphatic heterocycles. The highest BCUT2D eigenvalue weighted by Gasteiger charge is 2.39. The zero-order valence-electron chi connectivity index (χ0n) is 17.0. The maximum Gasteiger partial charge on any atom is 0.241 e. The van der Waals surface area contributed by atoms with Crippen LogP contribution < -0.4 is 0 Å². The minimum absolute atomic E-state index is 0.0230. The van der Waals surface area contributed by atoms with Crippen LogP contribution in [0.5, 0.6) is 0 Å². The number of piperazine rings is 1. The molecular weight excluding hydrogens is 364 g/mol. The second-order valence-electron chi connectivity index (χ2n) is 8.36. The number of likely N-dealkylation sites (tertiary alicyclic amines) is 1. The minimum atomic E-state index is -3.33. The van der Waals surface area contributed by atoms with Gasteiger partial charge in [0.2, 0.25) is 15.9 Å². The van der Waals surface area contributed by atoms with Crippen LogP contribution in [0.3, 0.4) is 0 Å². The lowest BCUT2D eigenvalue weighted by molar-refractivity contribution is -0.138. The van der Waals surface area contributed by atoms with Gasteiger partial charge in [0.15, 0.2) is 0 Å². The van der Waals surface area contributed by atoms with E-state index in [1.165, 1.54) is 23.7 Å². The summed E-state index contributed by atoms with van der Waals surface area (Å²) in [6.07, 6.45) is 5.53. The van der Waals surface area contributed by atoms with Crippen molar-refractivity contribution >= 4 is 15.9 Å². The highest BCUT2D eigenvalue weighted by molar-refractivity contribution is 7.89. The maximum absolute atomic E-state index is 13.1. The Morgan fingerprint density at radius 2 is 1.70 bits per heavy atom. The van der Waals surface area contributed by atoms with Gasteiger partial charge in [-0.05, 0) is 45.7 Å². The molecule has 0 aromatic heterocycles. The zero-order valence-corrected chi connectivity index (χ0v) is 17.8. The van der Waals surface area contributed by atoms with Gasteiger partial charge in [-0.3, -0.25) is 9.69 Å². The predicted octanol–water partition coefficient (Wildman–Crippen LogP) is 0.819. The van der Waals surface area contributed by atoms with Crippen LogP contribution in [0, 0.1) is 0 Å². The number of piperidine rings is 2. The molecule has 156 valence electrons. The van der Waals surface area contributed by atoms with Crippen LogP contribution in [0.25, 0.3) is 0 Å². The molecule has 0 spiro atoms. The lowest BCUT2D eigenvalue weighted by Crippen LogP contribution is -2.59. The lowest BCUT2D eigenvalue weighted by atomic mass is 10.0. The Morgan fingerprint density at radius 1 is 0.963 bits per heavy atom. The molecule has 1 amide bonds. The Bertz CT molecular complexity index is 604. The zero-order chi connectivity index (χ0) is 19.4. The van der Waals surface area contributed by atoms with Gasteiger partial charge in [-0.25, -0.2) is 8.42 Å². The van der Waals surface area contributed by atoms with E-state index in [0.29, 0.717) is 25.4 Å². The van der Waals surface area contributed by atoms with E-state index in [2.05, 4.69) is 16.8 Å². The van der Waals surface area contributed by atoms with E-state index in [1.807, 2.05) is 11.8 Å². The maximum atomic E-state index is 13.1. The van der Waals surface area contributed by atoms with Crippen molar-refractivity contribution in [1.29, 1.82) is 0 Å². The number of hydrogen-bond acceptors (Lipinski definition) is 5. The smallest absolute Gasteiger partial charge is 0.241 e. The molecule has 0 aromatic carbocycles. The first kappa shape index (κ1) is 21.0. The molecule has 0 aliphatic carbocycles. The van der Waals surface area contributed by atoms with Crippen LogP contribution in [0.1, 0.15) is 45.4 Å². The lowest BCUT2D eigenvalue weighted by Gasteiger charge is -2.44. The van der Waals surface area contributed by atoms with E-state index in [1.54, 1.807) is 0 Å². The Labute approximate surface area is 164 Å². The summed E-state index contributed by atoms with van der Waals surface area (Å²) in [6, 6.07) is 0.111. The molecule has 3 saturated heterocycles. The first-order valence-electron chi connectivity index (χ1n) is 10.6. The molecule has 3 aliphatic rings. The molecule has 0 radical (unpaired) electrons. The quantitative estimate of drug-likeness (QED) is 0.684. The third kappa shape index (κ3) is 5.02. The van der Waals surface area contributed by atoms with Crippen LogP contribution in [0.4, 0.5) is 0 Å². The summed E-state index contributed by atoms with van der Waals surface area (Å²) in [6.45, 7) is 7.90. The standard InChI is InChI=1S/C19H36N4O3S/c1-3-15-27(25,26)23-10-5-4-8-18(23)19(24)22-13-11-21(12-14-22)17-7-6-9-20(2)16-17/h17-18H,3-16H2,1-2H3. The fraction of sp³-hybridized carbons (Fsp3) is 0.947. The van der Waals surface area contributed by atoms with Gasteiger partial charge in [-0.2, -0.15) is 4.31 Å². The highest BCUT2D eigenvalue weighted by Crippen LogP contribution is 2.24. The van der Waals surface area contributed by atoms with Crippen molar-refractivity contribution in [2.45, 2.75) is 57.5 Å². The number of likely N-dealkylation sites (N-methyl/N-ethyl adjacent to an activating group) is 1. The first-order chi connectivity index (χ1) is 12.9. The largest absolute Gasteiger partial charge is 0.339 e. The Kier molecular flexibility index (Phi) is 7.16. The van der Waals surface area contributed by atoms with Crippen LogP contribution in [-0.4, -0.2) is 104 Å². The monoisotopic (exact) mass is 400 g/mol. The third-order valence-corrected chi connectivity index (χ3v) is 8.38.